The second-order valence-electron chi connectivity index (χ2n) is 2.64. The predicted octanol–water partition coefficient (Wildman–Crippen LogP) is 2.23. The SMILES string of the molecule is O=S1(=O)Cc2c(Br)oc(Br)c2C1. The predicted molar refractivity (Wildman–Crippen MR) is 50.4 cm³/mol. The molecule has 1 aliphatic heterocycles. The van der Waals surface area contributed by atoms with Crippen LogP contribution in [0.3, 0.4) is 0 Å². The molecule has 0 saturated carbocycles. The minimum Gasteiger partial charge on any atom is -0.442 e. The summed E-state index contributed by atoms with van der Waals surface area (Å²) in [5, 5.41) is 0. The average molecular weight is 316 g/mol. The second-order valence-corrected chi connectivity index (χ2v) is 6.14. The third-order valence-corrected chi connectivity index (χ3v) is 4.48. The molecule has 0 fully saturated rings. The Kier molecular flexibility index (Phi) is 1.89. The summed E-state index contributed by atoms with van der Waals surface area (Å²) in [5.74, 6) is 0.163. The highest BCUT2D eigenvalue weighted by Crippen LogP contribution is 2.38. The molecular formula is C6H4Br2O3S. The number of halogens is 2. The van der Waals surface area contributed by atoms with Crippen LogP contribution in [0.15, 0.2) is 13.8 Å². The molecule has 1 aromatic rings. The van der Waals surface area contributed by atoms with Gasteiger partial charge in [-0.1, -0.05) is 0 Å². The average Bonchev–Trinajstić information content (AvgIpc) is 2.34. The van der Waals surface area contributed by atoms with E-state index < -0.39 is 9.84 Å². The lowest BCUT2D eigenvalue weighted by Crippen LogP contribution is -1.96. The molecule has 3 nitrogen and oxygen atoms in total. The van der Waals surface area contributed by atoms with Crippen molar-refractivity contribution in [3.63, 3.8) is 0 Å². The van der Waals surface area contributed by atoms with E-state index in [9.17, 15) is 8.42 Å². The summed E-state index contributed by atoms with van der Waals surface area (Å²) in [5.41, 5.74) is 1.50. The zero-order valence-corrected chi connectivity index (χ0v) is 9.79. The number of sulfone groups is 1. The van der Waals surface area contributed by atoms with Crippen molar-refractivity contribution in [1.82, 2.24) is 0 Å². The zero-order valence-electron chi connectivity index (χ0n) is 5.80. The smallest absolute Gasteiger partial charge is 0.175 e. The minimum absolute atomic E-state index is 0.0814. The van der Waals surface area contributed by atoms with Crippen molar-refractivity contribution in [2.24, 2.45) is 0 Å². The highest BCUT2D eigenvalue weighted by Gasteiger charge is 2.31. The Balaban J connectivity index is 2.64. The molecule has 0 N–H and O–H groups in total. The molecule has 0 radical (unpaired) electrons. The highest BCUT2D eigenvalue weighted by atomic mass is 79.9. The van der Waals surface area contributed by atoms with Gasteiger partial charge in [-0.05, 0) is 31.9 Å². The lowest BCUT2D eigenvalue weighted by molar-refractivity contribution is 0.509. The van der Waals surface area contributed by atoms with E-state index in [2.05, 4.69) is 31.9 Å². The molecule has 0 aliphatic carbocycles. The maximum Gasteiger partial charge on any atom is 0.175 e. The van der Waals surface area contributed by atoms with Gasteiger partial charge in [0.1, 0.15) is 0 Å². The van der Waals surface area contributed by atoms with Crippen LogP contribution in [0, 0.1) is 0 Å². The van der Waals surface area contributed by atoms with Crippen molar-refractivity contribution in [2.45, 2.75) is 11.5 Å². The summed E-state index contributed by atoms with van der Waals surface area (Å²) in [4.78, 5) is 0. The van der Waals surface area contributed by atoms with Crippen molar-refractivity contribution >= 4 is 41.7 Å². The molecule has 2 rings (SSSR count). The van der Waals surface area contributed by atoms with Crippen molar-refractivity contribution in [3.8, 4) is 0 Å². The van der Waals surface area contributed by atoms with Gasteiger partial charge in [-0.25, -0.2) is 8.42 Å². The Morgan fingerprint density at radius 1 is 1.08 bits per heavy atom. The number of furan rings is 1. The fourth-order valence-electron chi connectivity index (χ4n) is 1.22. The van der Waals surface area contributed by atoms with E-state index >= 15 is 0 Å². The van der Waals surface area contributed by atoms with Gasteiger partial charge < -0.3 is 4.42 Å². The highest BCUT2D eigenvalue weighted by molar-refractivity contribution is 9.11. The summed E-state index contributed by atoms with van der Waals surface area (Å²) in [7, 11) is -2.93. The Morgan fingerprint density at radius 3 is 1.92 bits per heavy atom. The van der Waals surface area contributed by atoms with Crippen molar-refractivity contribution in [3.05, 3.63) is 20.5 Å². The first-order valence-electron chi connectivity index (χ1n) is 3.15. The maximum atomic E-state index is 11.2. The Bertz CT molecular complexity index is 399. The molecule has 0 saturated heterocycles. The fourth-order valence-corrected chi connectivity index (χ4v) is 4.48. The van der Waals surface area contributed by atoms with Gasteiger partial charge in [-0.2, -0.15) is 0 Å². The third kappa shape index (κ3) is 1.25. The second kappa shape index (κ2) is 2.59. The number of rotatable bonds is 0. The monoisotopic (exact) mass is 314 g/mol. The van der Waals surface area contributed by atoms with E-state index in [1.54, 1.807) is 0 Å². The van der Waals surface area contributed by atoms with Gasteiger partial charge in [0.2, 0.25) is 0 Å². The minimum atomic E-state index is -2.93. The molecule has 6 heteroatoms. The lowest BCUT2D eigenvalue weighted by Gasteiger charge is -1.89. The van der Waals surface area contributed by atoms with E-state index in [4.69, 9.17) is 4.42 Å². The summed E-state index contributed by atoms with van der Waals surface area (Å²) in [6.45, 7) is 0. The molecule has 2 heterocycles. The Morgan fingerprint density at radius 2 is 1.50 bits per heavy atom. The molecule has 1 aromatic heterocycles. The summed E-state index contributed by atoms with van der Waals surface area (Å²) >= 11 is 6.32. The standard InChI is InChI=1S/C6H4Br2O3S/c7-5-3-1-12(9,10)2-4(3)6(8)11-5/h1-2H2. The number of hydrogen-bond donors (Lipinski definition) is 0. The largest absolute Gasteiger partial charge is 0.442 e. The molecule has 0 spiro atoms. The van der Waals surface area contributed by atoms with Crippen molar-refractivity contribution in [2.75, 3.05) is 0 Å². The first kappa shape index (κ1) is 8.77. The topological polar surface area (TPSA) is 47.3 Å². The molecule has 0 amide bonds. The molecule has 0 atom stereocenters. The van der Waals surface area contributed by atoms with Crippen LogP contribution in [0.2, 0.25) is 0 Å². The van der Waals surface area contributed by atoms with Gasteiger partial charge >= 0.3 is 0 Å². The lowest BCUT2D eigenvalue weighted by atomic mass is 10.2. The first-order valence-corrected chi connectivity index (χ1v) is 6.56. The van der Waals surface area contributed by atoms with Gasteiger partial charge in [0.15, 0.2) is 19.2 Å². The van der Waals surface area contributed by atoms with E-state index in [1.807, 2.05) is 0 Å². The van der Waals surface area contributed by atoms with Crippen molar-refractivity contribution < 1.29 is 12.8 Å². The van der Waals surface area contributed by atoms with E-state index in [-0.39, 0.29) is 11.5 Å². The molecule has 0 bridgehead atoms. The van der Waals surface area contributed by atoms with Crippen LogP contribution >= 0.6 is 31.9 Å². The molecular weight excluding hydrogens is 312 g/mol. The van der Waals surface area contributed by atoms with Gasteiger partial charge in [-0.3, -0.25) is 0 Å². The van der Waals surface area contributed by atoms with Crippen LogP contribution in [0.1, 0.15) is 11.1 Å². The van der Waals surface area contributed by atoms with E-state index in [0.29, 0.717) is 9.34 Å². The maximum absolute atomic E-state index is 11.2. The Hall–Kier alpha value is 0.190. The third-order valence-electron chi connectivity index (χ3n) is 1.75. The fraction of sp³-hybridized carbons (Fsp3) is 0.333. The summed E-state index contributed by atoms with van der Waals surface area (Å²) in [6, 6.07) is 0. The van der Waals surface area contributed by atoms with E-state index in [1.165, 1.54) is 0 Å². The number of hydrogen-bond acceptors (Lipinski definition) is 3. The van der Waals surface area contributed by atoms with Gasteiger partial charge in [0.25, 0.3) is 0 Å². The molecule has 12 heavy (non-hydrogen) atoms. The van der Waals surface area contributed by atoms with Crippen LogP contribution in [-0.4, -0.2) is 8.42 Å². The molecule has 1 aliphatic rings. The van der Waals surface area contributed by atoms with Crippen molar-refractivity contribution in [1.29, 1.82) is 0 Å². The Labute approximate surface area is 86.3 Å². The summed E-state index contributed by atoms with van der Waals surface area (Å²) in [6.07, 6.45) is 0. The zero-order chi connectivity index (χ0) is 8.93. The normalized spacial score (nSPS) is 19.5. The van der Waals surface area contributed by atoms with Crippen LogP contribution in [-0.2, 0) is 21.3 Å². The van der Waals surface area contributed by atoms with Crippen LogP contribution in [0.5, 0.6) is 0 Å². The van der Waals surface area contributed by atoms with Gasteiger partial charge in [0.05, 0.1) is 11.5 Å². The van der Waals surface area contributed by atoms with Crippen LogP contribution in [0.4, 0.5) is 0 Å². The molecule has 66 valence electrons. The quantitative estimate of drug-likeness (QED) is 0.737. The van der Waals surface area contributed by atoms with Crippen LogP contribution in [0.25, 0.3) is 0 Å². The molecule has 0 aromatic carbocycles. The summed E-state index contributed by atoms with van der Waals surface area (Å²) < 4.78 is 28.5. The van der Waals surface area contributed by atoms with Gasteiger partial charge in [-0.15, -0.1) is 0 Å². The molecule has 0 unspecified atom stereocenters. The first-order chi connectivity index (χ1) is 5.49. The van der Waals surface area contributed by atoms with E-state index in [0.717, 1.165) is 11.1 Å². The van der Waals surface area contributed by atoms with Crippen LogP contribution < -0.4 is 0 Å². The van der Waals surface area contributed by atoms with Gasteiger partial charge in [0, 0.05) is 11.1 Å². The number of fused-ring (bicyclic) bond motifs is 1.